The fourth-order valence-electron chi connectivity index (χ4n) is 4.85. The summed E-state index contributed by atoms with van der Waals surface area (Å²) in [5.41, 5.74) is 1.05. The van der Waals surface area contributed by atoms with Crippen LogP contribution in [0.4, 0.5) is 8.78 Å². The normalized spacial score (nSPS) is 25.6. The molecule has 0 aromatic carbocycles. The maximum atomic E-state index is 14.9. The van der Waals surface area contributed by atoms with E-state index in [0.29, 0.717) is 25.8 Å². The van der Waals surface area contributed by atoms with E-state index in [9.17, 15) is 18.7 Å². The molecule has 0 aromatic heterocycles. The SMILES string of the molecule is CCC(NCC1=C(O)C2CCCN2N(CC2=CCCC(F)=C2)C1=O)C(OC(C)C)C(C)(F)P. The van der Waals surface area contributed by atoms with E-state index in [0.717, 1.165) is 18.4 Å². The number of halogens is 2. The Labute approximate surface area is 198 Å². The van der Waals surface area contributed by atoms with Crippen molar-refractivity contribution >= 4 is 15.1 Å². The number of aliphatic hydroxyl groups excluding tert-OH is 1. The minimum Gasteiger partial charge on any atom is -0.510 e. The van der Waals surface area contributed by atoms with Gasteiger partial charge in [0.25, 0.3) is 5.91 Å². The zero-order chi connectivity index (χ0) is 24.3. The Morgan fingerprint density at radius 2 is 2.15 bits per heavy atom. The van der Waals surface area contributed by atoms with Gasteiger partial charge in [0.05, 0.1) is 24.3 Å². The van der Waals surface area contributed by atoms with Gasteiger partial charge in [-0.15, -0.1) is 0 Å². The molecule has 5 atom stereocenters. The highest BCUT2D eigenvalue weighted by Gasteiger charge is 2.43. The summed E-state index contributed by atoms with van der Waals surface area (Å²) in [6.07, 6.45) is 5.75. The Morgan fingerprint density at radius 3 is 2.76 bits per heavy atom. The first-order chi connectivity index (χ1) is 15.5. The molecule has 0 aromatic rings. The summed E-state index contributed by atoms with van der Waals surface area (Å²) in [6.45, 7) is 8.15. The van der Waals surface area contributed by atoms with Crippen molar-refractivity contribution in [3.05, 3.63) is 34.9 Å². The number of alkyl halides is 1. The molecule has 1 saturated heterocycles. The van der Waals surface area contributed by atoms with Gasteiger partial charge in [-0.25, -0.2) is 13.8 Å². The summed E-state index contributed by atoms with van der Waals surface area (Å²) in [4.78, 5) is 13.5. The fourth-order valence-corrected chi connectivity index (χ4v) is 5.17. The number of carbonyl (C=O) groups is 1. The van der Waals surface area contributed by atoms with Crippen LogP contribution in [-0.4, -0.2) is 70.4 Å². The number of nitrogens with zero attached hydrogens (tertiary/aromatic N) is 2. The standard InChI is InChI=1S/C24H38F2N3O3P/c1-5-19(22(24(4,26)33)32-15(2)3)27-13-18-21(30)20-10-7-11-28(20)29(23(18)31)14-16-8-6-9-17(25)12-16/h8,12,15,19-20,22,27,30H,5-7,9-11,13-14,33H2,1-4H3. The zero-order valence-corrected chi connectivity index (χ0v) is 21.3. The van der Waals surface area contributed by atoms with Crippen molar-refractivity contribution in [2.75, 3.05) is 19.6 Å². The number of fused-ring (bicyclic) bond motifs is 1. The number of hydrogen-bond acceptors (Lipinski definition) is 5. The molecule has 9 heteroatoms. The predicted octanol–water partition coefficient (Wildman–Crippen LogP) is 4.32. The van der Waals surface area contributed by atoms with Crippen molar-refractivity contribution in [3.63, 3.8) is 0 Å². The van der Waals surface area contributed by atoms with Gasteiger partial charge in [0.15, 0.2) is 0 Å². The molecular weight excluding hydrogens is 447 g/mol. The Morgan fingerprint density at radius 1 is 1.42 bits per heavy atom. The zero-order valence-electron chi connectivity index (χ0n) is 20.1. The number of hydrazine groups is 1. The number of nitrogens with one attached hydrogen (secondary N) is 1. The van der Waals surface area contributed by atoms with E-state index < -0.39 is 11.5 Å². The average Bonchev–Trinajstić information content (AvgIpc) is 3.22. The van der Waals surface area contributed by atoms with Crippen LogP contribution in [0.25, 0.3) is 0 Å². The lowest BCUT2D eigenvalue weighted by Crippen LogP contribution is -2.57. The van der Waals surface area contributed by atoms with Gasteiger partial charge in [0.1, 0.15) is 23.1 Å². The summed E-state index contributed by atoms with van der Waals surface area (Å²) >= 11 is 0. The van der Waals surface area contributed by atoms with Crippen molar-refractivity contribution in [1.29, 1.82) is 0 Å². The molecule has 0 spiro atoms. The summed E-state index contributed by atoms with van der Waals surface area (Å²) < 4.78 is 34.6. The van der Waals surface area contributed by atoms with Crippen LogP contribution in [0.3, 0.4) is 0 Å². The third-order valence-electron chi connectivity index (χ3n) is 6.44. The molecule has 0 bridgehead atoms. The van der Waals surface area contributed by atoms with Crippen molar-refractivity contribution in [2.24, 2.45) is 0 Å². The molecule has 5 unspecified atom stereocenters. The molecule has 33 heavy (non-hydrogen) atoms. The molecule has 1 amide bonds. The number of allylic oxidation sites excluding steroid dienone is 2. The van der Waals surface area contributed by atoms with Gasteiger partial charge in [-0.3, -0.25) is 9.80 Å². The smallest absolute Gasteiger partial charge is 0.269 e. The van der Waals surface area contributed by atoms with E-state index in [-0.39, 0.29) is 54.3 Å². The summed E-state index contributed by atoms with van der Waals surface area (Å²) in [7, 11) is 2.21. The van der Waals surface area contributed by atoms with E-state index in [1.807, 2.05) is 31.9 Å². The van der Waals surface area contributed by atoms with Crippen LogP contribution < -0.4 is 5.32 Å². The fraction of sp³-hybridized carbons (Fsp3) is 0.708. The maximum Gasteiger partial charge on any atom is 0.269 e. The molecule has 1 fully saturated rings. The van der Waals surface area contributed by atoms with Gasteiger partial charge in [-0.1, -0.05) is 22.2 Å². The van der Waals surface area contributed by atoms with Gasteiger partial charge in [0, 0.05) is 25.6 Å². The van der Waals surface area contributed by atoms with Crippen LogP contribution in [0.2, 0.25) is 0 Å². The van der Waals surface area contributed by atoms with Gasteiger partial charge >= 0.3 is 0 Å². The van der Waals surface area contributed by atoms with Crippen LogP contribution in [-0.2, 0) is 9.53 Å². The first kappa shape index (κ1) is 26.3. The second-order valence-electron chi connectivity index (χ2n) is 9.61. The molecule has 2 N–H and O–H groups in total. The number of ether oxygens (including phenoxy) is 1. The predicted molar refractivity (Wildman–Crippen MR) is 129 cm³/mol. The molecule has 0 radical (unpaired) electrons. The highest BCUT2D eigenvalue weighted by molar-refractivity contribution is 7.18. The Bertz CT molecular complexity index is 822. The van der Waals surface area contributed by atoms with Crippen LogP contribution in [0.15, 0.2) is 34.9 Å². The van der Waals surface area contributed by atoms with Gasteiger partial charge in [-0.2, -0.15) is 0 Å². The maximum absolute atomic E-state index is 14.9. The lowest BCUT2D eigenvalue weighted by molar-refractivity contribution is -0.148. The van der Waals surface area contributed by atoms with E-state index in [4.69, 9.17) is 4.74 Å². The minimum absolute atomic E-state index is 0.0747. The third kappa shape index (κ3) is 6.21. The summed E-state index contributed by atoms with van der Waals surface area (Å²) in [5.74, 6) is -0.405. The second-order valence-corrected chi connectivity index (χ2v) is 10.7. The number of amides is 1. The van der Waals surface area contributed by atoms with Crippen LogP contribution in [0.1, 0.15) is 59.8 Å². The van der Waals surface area contributed by atoms with Gasteiger partial charge in [0.2, 0.25) is 0 Å². The molecule has 0 saturated carbocycles. The number of rotatable bonds is 10. The first-order valence-corrected chi connectivity index (χ1v) is 12.5. The Balaban J connectivity index is 1.80. The number of hydrogen-bond donors (Lipinski definition) is 2. The van der Waals surface area contributed by atoms with Crippen molar-refractivity contribution in [2.45, 2.75) is 89.5 Å². The van der Waals surface area contributed by atoms with Crippen molar-refractivity contribution < 1.29 is 23.4 Å². The van der Waals surface area contributed by atoms with Crippen LogP contribution in [0.5, 0.6) is 0 Å². The third-order valence-corrected chi connectivity index (χ3v) is 6.77. The molecule has 1 aliphatic carbocycles. The average molecular weight is 486 g/mol. The Kier molecular flexibility index (Phi) is 8.71. The Hall–Kier alpha value is -1.34. The van der Waals surface area contributed by atoms with E-state index in [1.165, 1.54) is 13.0 Å². The number of aliphatic hydroxyl groups is 1. The molecular formula is C24H38F2N3O3P. The molecule has 3 aliphatic rings. The van der Waals surface area contributed by atoms with E-state index in [2.05, 4.69) is 14.6 Å². The van der Waals surface area contributed by atoms with Crippen molar-refractivity contribution in [3.8, 4) is 0 Å². The second kappa shape index (κ2) is 10.9. The molecule has 2 heterocycles. The molecule has 186 valence electrons. The molecule has 6 nitrogen and oxygen atoms in total. The summed E-state index contributed by atoms with van der Waals surface area (Å²) in [5, 5.41) is 16.1. The lowest BCUT2D eigenvalue weighted by Gasteiger charge is -2.41. The topological polar surface area (TPSA) is 65.0 Å². The monoisotopic (exact) mass is 485 g/mol. The molecule has 3 rings (SSSR count). The minimum atomic E-state index is -1.66. The van der Waals surface area contributed by atoms with Gasteiger partial charge < -0.3 is 15.2 Å². The van der Waals surface area contributed by atoms with Gasteiger partial charge in [-0.05, 0) is 58.1 Å². The van der Waals surface area contributed by atoms with Crippen LogP contribution in [0, 0.1) is 0 Å². The first-order valence-electron chi connectivity index (χ1n) is 11.9. The highest BCUT2D eigenvalue weighted by atomic mass is 31.0. The quantitative estimate of drug-likeness (QED) is 0.452. The summed E-state index contributed by atoms with van der Waals surface area (Å²) in [6, 6.07) is -0.630. The lowest BCUT2D eigenvalue weighted by atomic mass is 10.0. The molecule has 2 aliphatic heterocycles. The van der Waals surface area contributed by atoms with Crippen LogP contribution >= 0.6 is 9.24 Å². The largest absolute Gasteiger partial charge is 0.510 e. The number of carbonyl (C=O) groups excluding carboxylic acids is 1. The van der Waals surface area contributed by atoms with Crippen molar-refractivity contribution in [1.82, 2.24) is 15.3 Å². The highest BCUT2D eigenvalue weighted by Crippen LogP contribution is 2.34. The van der Waals surface area contributed by atoms with E-state index in [1.54, 1.807) is 5.01 Å². The van der Waals surface area contributed by atoms with E-state index >= 15 is 0 Å².